The summed E-state index contributed by atoms with van der Waals surface area (Å²) >= 11 is 0. The van der Waals surface area contributed by atoms with Gasteiger partial charge in [0.25, 0.3) is 10.0 Å². The highest BCUT2D eigenvalue weighted by molar-refractivity contribution is 7.89. The van der Waals surface area contributed by atoms with Crippen LogP contribution in [0.1, 0.15) is 36.7 Å². The number of hydrogen-bond donors (Lipinski definition) is 1. The molecule has 0 spiro atoms. The van der Waals surface area contributed by atoms with E-state index in [0.717, 1.165) is 12.8 Å². The van der Waals surface area contributed by atoms with Crippen LogP contribution in [0.5, 0.6) is 0 Å². The minimum Gasteiger partial charge on any atom is -0.384 e. The van der Waals surface area contributed by atoms with E-state index >= 15 is 0 Å². The number of nitrogen functional groups attached to an aromatic ring is 1. The van der Waals surface area contributed by atoms with Gasteiger partial charge in [0.05, 0.1) is 12.4 Å². The molecule has 2 aliphatic rings. The monoisotopic (exact) mass is 460 g/mol. The molecular weight excluding hydrogens is 437 g/mol. The lowest BCUT2D eigenvalue weighted by Gasteiger charge is -2.30. The van der Waals surface area contributed by atoms with Gasteiger partial charge < -0.3 is 15.0 Å². The van der Waals surface area contributed by atoms with Gasteiger partial charge in [-0.1, -0.05) is 0 Å². The number of nitrogens with two attached hydrogens (primary N) is 1. The topological polar surface area (TPSA) is 116 Å². The van der Waals surface area contributed by atoms with Crippen molar-refractivity contribution in [2.75, 3.05) is 25.4 Å². The number of aromatic nitrogens is 4. The Morgan fingerprint density at radius 1 is 1.23 bits per heavy atom. The molecule has 13 heteroatoms. The number of halogens is 3. The third-order valence-corrected chi connectivity index (χ3v) is 7.41. The normalized spacial score (nSPS) is 25.7. The maximum absolute atomic E-state index is 13.3. The molecule has 0 aliphatic carbocycles. The highest BCUT2D eigenvalue weighted by Crippen LogP contribution is 2.40. The summed E-state index contributed by atoms with van der Waals surface area (Å²) in [5, 5.41) is -0.122. The Balaban J connectivity index is 1.71. The number of ether oxygens (including phenoxy) is 1. The molecule has 2 aliphatic heterocycles. The molecule has 0 bridgehead atoms. The number of sulfonamides is 1. The lowest BCUT2D eigenvalue weighted by molar-refractivity contribution is -0.141. The van der Waals surface area contributed by atoms with Crippen LogP contribution in [0.25, 0.3) is 0 Å². The third kappa shape index (κ3) is 4.39. The molecule has 1 unspecified atom stereocenters. The summed E-state index contributed by atoms with van der Waals surface area (Å²) in [6, 6.07) is 0.674. The third-order valence-electron chi connectivity index (χ3n) is 5.69. The fourth-order valence-corrected chi connectivity index (χ4v) is 5.66. The van der Waals surface area contributed by atoms with Crippen LogP contribution in [0, 0.1) is 5.92 Å². The van der Waals surface area contributed by atoms with Gasteiger partial charge in [0.15, 0.2) is 5.03 Å². The van der Waals surface area contributed by atoms with Gasteiger partial charge >= 0.3 is 6.18 Å². The molecule has 0 amide bonds. The van der Waals surface area contributed by atoms with Crippen LogP contribution in [0.3, 0.4) is 0 Å². The molecular formula is C18H23F3N6O3S. The lowest BCUT2D eigenvalue weighted by atomic mass is 9.86. The predicted molar refractivity (Wildman–Crippen MR) is 103 cm³/mol. The zero-order valence-corrected chi connectivity index (χ0v) is 17.6. The van der Waals surface area contributed by atoms with Crippen molar-refractivity contribution in [3.05, 3.63) is 30.1 Å². The van der Waals surface area contributed by atoms with E-state index in [-0.39, 0.29) is 35.9 Å². The van der Waals surface area contributed by atoms with Crippen LogP contribution in [-0.4, -0.2) is 58.0 Å². The highest BCUT2D eigenvalue weighted by atomic mass is 32.2. The second kappa shape index (κ2) is 8.02. The number of rotatable bonds is 4. The van der Waals surface area contributed by atoms with E-state index in [4.69, 9.17) is 10.5 Å². The fraction of sp³-hybridized carbons (Fsp3) is 0.611. The van der Waals surface area contributed by atoms with Crippen LogP contribution in [0.15, 0.2) is 23.6 Å². The maximum Gasteiger partial charge on any atom is 0.433 e. The van der Waals surface area contributed by atoms with Gasteiger partial charge in [-0.05, 0) is 19.3 Å². The summed E-state index contributed by atoms with van der Waals surface area (Å²) in [6.07, 6.45) is 0.228. The molecule has 0 radical (unpaired) electrons. The summed E-state index contributed by atoms with van der Waals surface area (Å²) in [6.45, 7) is 0.518. The average Bonchev–Trinajstić information content (AvgIpc) is 3.35. The lowest BCUT2D eigenvalue weighted by Crippen LogP contribution is -2.34. The second-order valence-electron chi connectivity index (χ2n) is 7.91. The molecule has 2 N–H and O–H groups in total. The molecule has 2 saturated heterocycles. The summed E-state index contributed by atoms with van der Waals surface area (Å²) in [4.78, 5) is 11.7. The van der Waals surface area contributed by atoms with Gasteiger partial charge in [-0.2, -0.15) is 17.5 Å². The van der Waals surface area contributed by atoms with Crippen molar-refractivity contribution in [3.8, 4) is 0 Å². The smallest absolute Gasteiger partial charge is 0.384 e. The van der Waals surface area contributed by atoms with Gasteiger partial charge in [0.2, 0.25) is 0 Å². The van der Waals surface area contributed by atoms with Crippen molar-refractivity contribution >= 4 is 15.8 Å². The van der Waals surface area contributed by atoms with E-state index in [1.807, 2.05) is 0 Å². The Hall–Kier alpha value is -2.25. The quantitative estimate of drug-likeness (QED) is 0.739. The van der Waals surface area contributed by atoms with Crippen LogP contribution >= 0.6 is 0 Å². The van der Waals surface area contributed by atoms with E-state index in [0.29, 0.717) is 19.1 Å². The molecule has 4 rings (SSSR count). The van der Waals surface area contributed by atoms with Crippen LogP contribution in [-0.2, 0) is 28.0 Å². The summed E-state index contributed by atoms with van der Waals surface area (Å²) in [7, 11) is -2.29. The van der Waals surface area contributed by atoms with E-state index < -0.39 is 33.7 Å². The standard InChI is InChI=1S/C18H23F3N6O3S/c1-26-9-16(23-10-26)31(28,29)27-7-11(13-4-2-3-5-30-13)12(8-27)17-24-14(18(19,20)21)6-15(22)25-17/h6,9-13H,2-5,7-8H2,1H3,(H2,22,24,25)/t11-,12-,13?/m1/s1. The number of hydrogen-bond acceptors (Lipinski definition) is 7. The van der Waals surface area contributed by atoms with Crippen molar-refractivity contribution in [2.45, 2.75) is 42.5 Å². The first-order valence-corrected chi connectivity index (χ1v) is 11.3. The largest absolute Gasteiger partial charge is 0.433 e. The van der Waals surface area contributed by atoms with Gasteiger partial charge in [0, 0.05) is 50.8 Å². The Morgan fingerprint density at radius 2 is 2.00 bits per heavy atom. The zero-order chi connectivity index (χ0) is 22.4. The van der Waals surface area contributed by atoms with Crippen molar-refractivity contribution in [3.63, 3.8) is 0 Å². The Bertz CT molecular complexity index is 1050. The minimum atomic E-state index is -4.69. The molecule has 170 valence electrons. The molecule has 31 heavy (non-hydrogen) atoms. The zero-order valence-electron chi connectivity index (χ0n) is 16.8. The molecule has 2 aromatic heterocycles. The van der Waals surface area contributed by atoms with E-state index in [9.17, 15) is 21.6 Å². The molecule has 2 fully saturated rings. The van der Waals surface area contributed by atoms with E-state index in [2.05, 4.69) is 15.0 Å². The van der Waals surface area contributed by atoms with Crippen LogP contribution in [0.4, 0.5) is 19.0 Å². The van der Waals surface area contributed by atoms with Gasteiger partial charge in [0.1, 0.15) is 17.3 Å². The number of nitrogens with zero attached hydrogens (tertiary/aromatic N) is 5. The number of imidazole rings is 1. The van der Waals surface area contributed by atoms with Crippen molar-refractivity contribution in [1.82, 2.24) is 23.8 Å². The molecule has 2 aromatic rings. The van der Waals surface area contributed by atoms with Gasteiger partial charge in [-0.15, -0.1) is 0 Å². The van der Waals surface area contributed by atoms with Crippen LogP contribution in [0.2, 0.25) is 0 Å². The molecule has 0 saturated carbocycles. The Morgan fingerprint density at radius 3 is 2.61 bits per heavy atom. The predicted octanol–water partition coefficient (Wildman–Crippen LogP) is 1.78. The Kier molecular flexibility index (Phi) is 5.68. The molecule has 9 nitrogen and oxygen atoms in total. The maximum atomic E-state index is 13.3. The number of aryl methyl sites for hydroxylation is 1. The summed E-state index contributed by atoms with van der Waals surface area (Å²) in [5.41, 5.74) is 4.49. The minimum absolute atomic E-state index is 0.0771. The van der Waals surface area contributed by atoms with Gasteiger partial charge in [-0.3, -0.25) is 0 Å². The van der Waals surface area contributed by atoms with Crippen molar-refractivity contribution in [1.29, 1.82) is 0 Å². The first-order valence-electron chi connectivity index (χ1n) is 9.87. The highest BCUT2D eigenvalue weighted by Gasteiger charge is 2.46. The van der Waals surface area contributed by atoms with Crippen molar-refractivity contribution < 1.29 is 26.3 Å². The SMILES string of the molecule is Cn1cnc(S(=O)(=O)N2C[C@@H](c3nc(N)cc(C(F)(F)F)n3)[C@H](C3CCCCO3)C2)c1. The molecule has 4 heterocycles. The number of anilines is 1. The molecule has 0 aromatic carbocycles. The number of alkyl halides is 3. The van der Waals surface area contributed by atoms with Crippen LogP contribution < -0.4 is 5.73 Å². The van der Waals surface area contributed by atoms with Crippen molar-refractivity contribution in [2.24, 2.45) is 13.0 Å². The first-order chi connectivity index (χ1) is 14.6. The van der Waals surface area contributed by atoms with Gasteiger partial charge in [-0.25, -0.2) is 23.4 Å². The molecule has 3 atom stereocenters. The summed E-state index contributed by atoms with van der Waals surface area (Å²) in [5.74, 6) is -1.52. The fourth-order valence-electron chi connectivity index (χ4n) is 4.19. The van der Waals surface area contributed by atoms with E-state index in [1.165, 1.54) is 21.4 Å². The van der Waals surface area contributed by atoms with E-state index in [1.54, 1.807) is 7.05 Å². The summed E-state index contributed by atoms with van der Waals surface area (Å²) < 4.78 is 74.7. The average molecular weight is 460 g/mol. The first kappa shape index (κ1) is 22.0. The Labute approximate surface area is 177 Å². The second-order valence-corrected chi connectivity index (χ2v) is 9.79.